The van der Waals surface area contributed by atoms with Gasteiger partial charge >= 0.3 is 0 Å². The Morgan fingerprint density at radius 1 is 1.67 bits per heavy atom. The first-order valence-electron chi connectivity index (χ1n) is 3.69. The summed E-state index contributed by atoms with van der Waals surface area (Å²) in [4.78, 5) is 0. The zero-order valence-corrected chi connectivity index (χ0v) is 7.05. The van der Waals surface area contributed by atoms with E-state index in [9.17, 15) is 0 Å². The smallest absolute Gasteiger partial charge is 0.120 e. The second kappa shape index (κ2) is 3.18. The highest BCUT2D eigenvalue weighted by Crippen LogP contribution is 2.17. The molecule has 0 amide bonds. The van der Waals surface area contributed by atoms with Crippen LogP contribution in [-0.4, -0.2) is 16.4 Å². The molecule has 0 unspecified atom stereocenters. The molecule has 0 spiro atoms. The molecule has 4 nitrogen and oxygen atoms in total. The van der Waals surface area contributed by atoms with Crippen molar-refractivity contribution >= 4 is 6.21 Å². The number of nitrogens with zero attached hydrogens (tertiary/aromatic N) is 2. The van der Waals surface area contributed by atoms with E-state index >= 15 is 0 Å². The van der Waals surface area contributed by atoms with Crippen LogP contribution in [0.1, 0.15) is 36.7 Å². The van der Waals surface area contributed by atoms with E-state index in [2.05, 4.69) is 10.2 Å². The topological polar surface area (TPSA) is 76.3 Å². The van der Waals surface area contributed by atoms with Crippen LogP contribution in [0.15, 0.2) is 0 Å². The number of hydrogen-bond donors (Lipinski definition) is 2. The summed E-state index contributed by atoms with van der Waals surface area (Å²) >= 11 is 0. The summed E-state index contributed by atoms with van der Waals surface area (Å²) < 4.78 is 0. The molecule has 0 aliphatic carbocycles. The molecule has 12 heavy (non-hydrogen) atoms. The third-order valence-corrected chi connectivity index (χ3v) is 1.65. The predicted molar refractivity (Wildman–Crippen MR) is 45.3 cm³/mol. The lowest BCUT2D eigenvalue weighted by Gasteiger charge is -1.99. The molecular formula is C8H10N4. The maximum Gasteiger partial charge on any atom is 0.120 e. The minimum atomic E-state index is 0.237. The molecule has 1 aromatic rings. The van der Waals surface area contributed by atoms with E-state index in [4.69, 9.17) is 10.7 Å². The lowest BCUT2D eigenvalue weighted by atomic mass is 10.1. The van der Waals surface area contributed by atoms with E-state index < -0.39 is 0 Å². The van der Waals surface area contributed by atoms with Crippen molar-refractivity contribution in [1.82, 2.24) is 10.2 Å². The predicted octanol–water partition coefficient (Wildman–Crippen LogP) is 1.40. The zero-order chi connectivity index (χ0) is 9.14. The largest absolute Gasteiger partial charge is 0.306 e. The van der Waals surface area contributed by atoms with Gasteiger partial charge in [-0.2, -0.15) is 10.4 Å². The van der Waals surface area contributed by atoms with Crippen LogP contribution in [0.25, 0.3) is 0 Å². The minimum Gasteiger partial charge on any atom is -0.306 e. The number of H-pyrrole nitrogens is 1. The van der Waals surface area contributed by atoms with E-state index in [1.165, 1.54) is 0 Å². The lowest BCUT2D eigenvalue weighted by molar-refractivity contribution is 0.808. The van der Waals surface area contributed by atoms with Crippen molar-refractivity contribution in [2.75, 3.05) is 0 Å². The average Bonchev–Trinajstić information content (AvgIpc) is 2.46. The van der Waals surface area contributed by atoms with Crippen LogP contribution in [0.5, 0.6) is 0 Å². The van der Waals surface area contributed by atoms with Gasteiger partial charge in [0.25, 0.3) is 0 Å². The molecule has 2 N–H and O–H groups in total. The summed E-state index contributed by atoms with van der Waals surface area (Å²) in [5.74, 6) is 0.237. The highest BCUT2D eigenvalue weighted by molar-refractivity contribution is 5.78. The molecule has 0 aliphatic rings. The minimum absolute atomic E-state index is 0.237. The fraction of sp³-hybridized carbons (Fsp3) is 0.375. The third kappa shape index (κ3) is 1.21. The van der Waals surface area contributed by atoms with Gasteiger partial charge in [-0.1, -0.05) is 13.8 Å². The van der Waals surface area contributed by atoms with Gasteiger partial charge in [0.2, 0.25) is 0 Å². The zero-order valence-electron chi connectivity index (χ0n) is 7.05. The molecule has 1 rings (SSSR count). The van der Waals surface area contributed by atoms with Crippen molar-refractivity contribution < 1.29 is 0 Å². The van der Waals surface area contributed by atoms with Gasteiger partial charge in [0.15, 0.2) is 0 Å². The highest BCUT2D eigenvalue weighted by Gasteiger charge is 2.12. The normalized spacial score (nSPS) is 9.83. The highest BCUT2D eigenvalue weighted by atomic mass is 15.1. The van der Waals surface area contributed by atoms with Crippen LogP contribution in [0, 0.1) is 16.7 Å². The molecule has 1 heterocycles. The maximum absolute atomic E-state index is 8.75. The van der Waals surface area contributed by atoms with Crippen molar-refractivity contribution in [1.29, 1.82) is 10.7 Å². The first-order chi connectivity index (χ1) is 5.70. The first kappa shape index (κ1) is 8.47. The Morgan fingerprint density at radius 2 is 2.33 bits per heavy atom. The fourth-order valence-electron chi connectivity index (χ4n) is 1.01. The molecule has 0 radical (unpaired) electrons. The van der Waals surface area contributed by atoms with Crippen LogP contribution >= 0.6 is 0 Å². The van der Waals surface area contributed by atoms with Crippen LogP contribution in [0.4, 0.5) is 0 Å². The maximum atomic E-state index is 8.75. The molecular weight excluding hydrogens is 152 g/mol. The van der Waals surface area contributed by atoms with E-state index in [-0.39, 0.29) is 5.92 Å². The van der Waals surface area contributed by atoms with Gasteiger partial charge in [-0.05, 0) is 5.92 Å². The summed E-state index contributed by atoms with van der Waals surface area (Å²) in [5, 5.41) is 22.3. The summed E-state index contributed by atoms with van der Waals surface area (Å²) in [7, 11) is 0. The standard InChI is InChI=1S/C8H10N4/c1-5(2)8-6(3-9)7(4-10)11-12-8/h4-5,10H,1-2H3,(H,11,12). The fourth-order valence-corrected chi connectivity index (χ4v) is 1.01. The number of aromatic nitrogens is 2. The quantitative estimate of drug-likeness (QED) is 0.645. The number of nitrogens with one attached hydrogen (secondary N) is 2. The lowest BCUT2D eigenvalue weighted by Crippen LogP contribution is -1.91. The van der Waals surface area contributed by atoms with Crippen molar-refractivity contribution in [3.8, 4) is 6.07 Å². The second-order valence-electron chi connectivity index (χ2n) is 2.81. The van der Waals surface area contributed by atoms with Crippen molar-refractivity contribution in [3.05, 3.63) is 17.0 Å². The molecule has 0 aliphatic heterocycles. The third-order valence-electron chi connectivity index (χ3n) is 1.65. The Morgan fingerprint density at radius 3 is 2.75 bits per heavy atom. The number of hydrogen-bond acceptors (Lipinski definition) is 3. The number of rotatable bonds is 2. The summed E-state index contributed by atoms with van der Waals surface area (Å²) in [6.07, 6.45) is 1.08. The molecule has 62 valence electrons. The van der Waals surface area contributed by atoms with Gasteiger partial charge in [-0.25, -0.2) is 0 Å². The summed E-state index contributed by atoms with van der Waals surface area (Å²) in [6.45, 7) is 3.95. The van der Waals surface area contributed by atoms with E-state index in [0.717, 1.165) is 11.9 Å². The van der Waals surface area contributed by atoms with Gasteiger partial charge in [0.1, 0.15) is 17.3 Å². The summed E-state index contributed by atoms with van der Waals surface area (Å²) in [6, 6.07) is 2.03. The Hall–Kier alpha value is -1.63. The van der Waals surface area contributed by atoms with Crippen LogP contribution in [0.3, 0.4) is 0 Å². The molecule has 0 atom stereocenters. The van der Waals surface area contributed by atoms with Crippen LogP contribution in [0.2, 0.25) is 0 Å². The van der Waals surface area contributed by atoms with Crippen molar-refractivity contribution in [2.45, 2.75) is 19.8 Å². The van der Waals surface area contributed by atoms with Gasteiger partial charge in [-0.15, -0.1) is 0 Å². The van der Waals surface area contributed by atoms with Gasteiger partial charge in [0, 0.05) is 6.21 Å². The van der Waals surface area contributed by atoms with Gasteiger partial charge in [0.05, 0.1) is 5.69 Å². The Labute approximate surface area is 70.7 Å². The van der Waals surface area contributed by atoms with E-state index in [0.29, 0.717) is 11.3 Å². The van der Waals surface area contributed by atoms with E-state index in [1.54, 1.807) is 0 Å². The molecule has 4 heteroatoms. The Bertz CT molecular complexity index is 329. The number of aromatic amines is 1. The number of nitriles is 1. The molecule has 0 bridgehead atoms. The Kier molecular flexibility index (Phi) is 2.24. The first-order valence-corrected chi connectivity index (χ1v) is 3.69. The van der Waals surface area contributed by atoms with Gasteiger partial charge < -0.3 is 5.41 Å². The molecule has 0 saturated carbocycles. The second-order valence-corrected chi connectivity index (χ2v) is 2.81. The van der Waals surface area contributed by atoms with Crippen molar-refractivity contribution in [3.63, 3.8) is 0 Å². The average molecular weight is 162 g/mol. The van der Waals surface area contributed by atoms with Crippen molar-refractivity contribution in [2.24, 2.45) is 0 Å². The Balaban J connectivity index is 3.25. The van der Waals surface area contributed by atoms with Crippen LogP contribution < -0.4 is 0 Å². The SMILES string of the molecule is CC(C)c1[nH]nc(C=N)c1C#N. The monoisotopic (exact) mass is 162 g/mol. The summed E-state index contributed by atoms with van der Waals surface area (Å²) in [5.41, 5.74) is 1.71. The molecule has 1 aromatic heterocycles. The molecule has 0 fully saturated rings. The molecule has 0 saturated heterocycles. The van der Waals surface area contributed by atoms with Crippen LogP contribution in [-0.2, 0) is 0 Å². The van der Waals surface area contributed by atoms with E-state index in [1.807, 2.05) is 19.9 Å². The van der Waals surface area contributed by atoms with Gasteiger partial charge in [-0.3, -0.25) is 5.10 Å². The molecule has 0 aromatic carbocycles.